The molecule has 0 aliphatic carbocycles. The zero-order chi connectivity index (χ0) is 24.1. The topological polar surface area (TPSA) is 84.9 Å². The molecule has 8 heteroatoms. The third-order valence-corrected chi connectivity index (χ3v) is 6.00. The molecule has 1 aromatic carbocycles. The van der Waals surface area contributed by atoms with E-state index in [9.17, 15) is 14.4 Å². The van der Waals surface area contributed by atoms with Gasteiger partial charge in [0.05, 0.1) is 13.0 Å². The molecule has 1 fully saturated rings. The highest BCUT2D eigenvalue weighted by atomic mass is 35.5. The van der Waals surface area contributed by atoms with E-state index in [1.807, 2.05) is 6.92 Å². The first-order chi connectivity index (χ1) is 15.9. The van der Waals surface area contributed by atoms with Gasteiger partial charge in [-0.15, -0.1) is 0 Å². The number of ether oxygens (including phenoxy) is 2. The summed E-state index contributed by atoms with van der Waals surface area (Å²) in [6, 6.07) is 4.26. The summed E-state index contributed by atoms with van der Waals surface area (Å²) in [6.07, 6.45) is 9.11. The smallest absolute Gasteiger partial charge is 0.308 e. The summed E-state index contributed by atoms with van der Waals surface area (Å²) < 4.78 is 11.0. The molecule has 1 unspecified atom stereocenters. The van der Waals surface area contributed by atoms with Crippen LogP contribution < -0.4 is 10.1 Å². The Morgan fingerprint density at radius 1 is 1.12 bits per heavy atom. The summed E-state index contributed by atoms with van der Waals surface area (Å²) in [5, 5.41) is 3.31. The molecule has 0 bridgehead atoms. The van der Waals surface area contributed by atoms with E-state index in [4.69, 9.17) is 21.1 Å². The maximum Gasteiger partial charge on any atom is 0.308 e. The van der Waals surface area contributed by atoms with Gasteiger partial charge in [-0.3, -0.25) is 14.4 Å². The number of hydrogen-bond acceptors (Lipinski definition) is 5. The van der Waals surface area contributed by atoms with Crippen LogP contribution in [0.1, 0.15) is 70.3 Å². The largest absolute Gasteiger partial charge is 0.483 e. The number of amides is 2. The van der Waals surface area contributed by atoms with Gasteiger partial charge in [-0.2, -0.15) is 0 Å². The van der Waals surface area contributed by atoms with E-state index in [2.05, 4.69) is 12.2 Å². The van der Waals surface area contributed by atoms with Crippen LogP contribution in [0.25, 0.3) is 0 Å². The average molecular weight is 481 g/mol. The summed E-state index contributed by atoms with van der Waals surface area (Å²) in [5.74, 6) is -0.607. The first kappa shape index (κ1) is 27.0. The summed E-state index contributed by atoms with van der Waals surface area (Å²) in [4.78, 5) is 38.8. The van der Waals surface area contributed by atoms with E-state index in [0.717, 1.165) is 24.8 Å². The Hall–Kier alpha value is -2.28. The number of aryl methyl sites for hydroxylation is 1. The highest BCUT2D eigenvalue weighted by Gasteiger charge is 2.35. The lowest BCUT2D eigenvalue weighted by Crippen LogP contribution is -2.58. The fraction of sp³-hybridized carbons (Fsp3) is 0.640. The van der Waals surface area contributed by atoms with E-state index in [1.165, 1.54) is 37.0 Å². The number of hydrogen-bond donors (Lipinski definition) is 1. The first-order valence-electron chi connectivity index (χ1n) is 12.0. The number of benzene rings is 1. The summed E-state index contributed by atoms with van der Waals surface area (Å²) in [6.45, 7) is 4.83. The van der Waals surface area contributed by atoms with Crippen LogP contribution in [0.5, 0.6) is 5.75 Å². The maximum atomic E-state index is 12.8. The molecule has 0 saturated carbocycles. The molecule has 33 heavy (non-hydrogen) atoms. The molecule has 0 spiro atoms. The number of unbranched alkanes of at least 4 members (excludes halogenated alkanes) is 7. The third-order valence-electron chi connectivity index (χ3n) is 5.76. The predicted octanol–water partition coefficient (Wildman–Crippen LogP) is 4.43. The van der Waals surface area contributed by atoms with Crippen LogP contribution in [-0.4, -0.2) is 55.0 Å². The zero-order valence-corrected chi connectivity index (χ0v) is 20.6. The lowest BCUT2D eigenvalue weighted by molar-refractivity contribution is -0.152. The van der Waals surface area contributed by atoms with Crippen LogP contribution in [0, 0.1) is 6.92 Å². The Bertz CT molecular complexity index is 786. The van der Waals surface area contributed by atoms with Gasteiger partial charge >= 0.3 is 5.97 Å². The quantitative estimate of drug-likeness (QED) is 0.314. The summed E-state index contributed by atoms with van der Waals surface area (Å²) >= 11 is 5.95. The minimum Gasteiger partial charge on any atom is -0.483 e. The van der Waals surface area contributed by atoms with Crippen molar-refractivity contribution in [2.45, 2.75) is 77.7 Å². The van der Waals surface area contributed by atoms with Crippen molar-refractivity contribution in [2.24, 2.45) is 0 Å². The second-order valence-electron chi connectivity index (χ2n) is 8.49. The molecule has 7 nitrogen and oxygen atoms in total. The van der Waals surface area contributed by atoms with E-state index in [-0.39, 0.29) is 24.8 Å². The molecule has 1 aromatic rings. The number of carbonyl (C=O) groups excluding carboxylic acids is 3. The monoisotopic (exact) mass is 480 g/mol. The van der Waals surface area contributed by atoms with Crippen molar-refractivity contribution in [3.05, 3.63) is 28.8 Å². The van der Waals surface area contributed by atoms with Crippen LogP contribution in [0.4, 0.5) is 0 Å². The fourth-order valence-electron chi connectivity index (χ4n) is 3.85. The normalized spacial score (nSPS) is 15.8. The molecular formula is C25H37ClN2O5. The maximum absolute atomic E-state index is 12.8. The van der Waals surface area contributed by atoms with Gasteiger partial charge in [0.25, 0.3) is 5.91 Å². The van der Waals surface area contributed by atoms with Crippen molar-refractivity contribution in [1.29, 1.82) is 0 Å². The molecule has 0 radical (unpaired) electrons. The predicted molar refractivity (Wildman–Crippen MR) is 128 cm³/mol. The molecule has 1 saturated heterocycles. The van der Waals surface area contributed by atoms with E-state index in [1.54, 1.807) is 18.2 Å². The molecule has 1 aliphatic heterocycles. The number of nitrogens with one attached hydrogen (secondary N) is 1. The molecule has 1 atom stereocenters. The van der Waals surface area contributed by atoms with Crippen molar-refractivity contribution < 1.29 is 23.9 Å². The fourth-order valence-corrected chi connectivity index (χ4v) is 4.08. The van der Waals surface area contributed by atoms with Crippen molar-refractivity contribution in [1.82, 2.24) is 10.2 Å². The Balaban J connectivity index is 1.75. The standard InChI is InChI=1S/C25H37ClN2O5/c1-3-4-5-6-7-8-9-10-15-32-24(30)17-21-25(31)27-13-14-28(21)23(29)18-33-22-12-11-20(26)16-19(22)2/h11-12,16,21H,3-10,13-15,17-18H2,1-2H3,(H,27,31). The highest BCUT2D eigenvalue weighted by Crippen LogP contribution is 2.22. The number of esters is 1. The van der Waals surface area contributed by atoms with Gasteiger partial charge in [0, 0.05) is 18.1 Å². The number of nitrogens with zero attached hydrogens (tertiary/aromatic N) is 1. The minimum atomic E-state index is -0.882. The number of rotatable bonds is 14. The molecular weight excluding hydrogens is 444 g/mol. The second-order valence-corrected chi connectivity index (χ2v) is 8.93. The Morgan fingerprint density at radius 2 is 1.82 bits per heavy atom. The molecule has 0 aromatic heterocycles. The van der Waals surface area contributed by atoms with Gasteiger partial charge in [0.1, 0.15) is 11.8 Å². The van der Waals surface area contributed by atoms with Crippen LogP contribution in [0.15, 0.2) is 18.2 Å². The van der Waals surface area contributed by atoms with Crippen LogP contribution >= 0.6 is 11.6 Å². The molecule has 2 amide bonds. The Morgan fingerprint density at radius 3 is 2.52 bits per heavy atom. The number of piperazine rings is 1. The summed E-state index contributed by atoms with van der Waals surface area (Å²) in [7, 11) is 0. The van der Waals surface area contributed by atoms with Gasteiger partial charge in [-0.25, -0.2) is 0 Å². The van der Waals surface area contributed by atoms with Gasteiger partial charge in [-0.1, -0.05) is 63.5 Å². The third kappa shape index (κ3) is 9.62. The Kier molecular flexibility index (Phi) is 12.1. The van der Waals surface area contributed by atoms with Crippen molar-refractivity contribution in [3.8, 4) is 5.75 Å². The van der Waals surface area contributed by atoms with Gasteiger partial charge in [-0.05, 0) is 37.1 Å². The van der Waals surface area contributed by atoms with Crippen LogP contribution in [0.2, 0.25) is 5.02 Å². The van der Waals surface area contributed by atoms with E-state index < -0.39 is 12.0 Å². The van der Waals surface area contributed by atoms with Crippen LogP contribution in [-0.2, 0) is 19.1 Å². The van der Waals surface area contributed by atoms with Crippen molar-refractivity contribution >= 4 is 29.4 Å². The molecule has 1 heterocycles. The van der Waals surface area contributed by atoms with Gasteiger partial charge in [0.15, 0.2) is 6.61 Å². The summed E-state index contributed by atoms with van der Waals surface area (Å²) in [5.41, 5.74) is 0.813. The lowest BCUT2D eigenvalue weighted by atomic mass is 10.1. The minimum absolute atomic E-state index is 0.158. The zero-order valence-electron chi connectivity index (χ0n) is 19.9. The van der Waals surface area contributed by atoms with Gasteiger partial charge in [0.2, 0.25) is 5.91 Å². The van der Waals surface area contributed by atoms with Gasteiger partial charge < -0.3 is 19.7 Å². The molecule has 1 N–H and O–H groups in total. The number of carbonyl (C=O) groups is 3. The lowest BCUT2D eigenvalue weighted by Gasteiger charge is -2.34. The molecule has 1 aliphatic rings. The van der Waals surface area contributed by atoms with Crippen LogP contribution in [0.3, 0.4) is 0 Å². The van der Waals surface area contributed by atoms with Crippen molar-refractivity contribution in [2.75, 3.05) is 26.3 Å². The molecule has 2 rings (SSSR count). The average Bonchev–Trinajstić information content (AvgIpc) is 2.78. The van der Waals surface area contributed by atoms with E-state index >= 15 is 0 Å². The molecule has 184 valence electrons. The first-order valence-corrected chi connectivity index (χ1v) is 12.4. The highest BCUT2D eigenvalue weighted by molar-refractivity contribution is 6.30. The number of halogens is 1. The SMILES string of the molecule is CCCCCCCCCCOC(=O)CC1C(=O)NCCN1C(=O)COc1ccc(Cl)cc1C. The van der Waals surface area contributed by atoms with Crippen molar-refractivity contribution in [3.63, 3.8) is 0 Å². The second kappa shape index (κ2) is 14.8. The Labute approximate surface area is 202 Å². The van der Waals surface area contributed by atoms with E-state index in [0.29, 0.717) is 30.5 Å².